The number of ketones is 1. The number of nitrogens with one attached hydrogen (secondary N) is 3. The molecule has 0 aliphatic rings. The number of nitrogens with zero attached hydrogens (tertiary/aromatic N) is 1. The number of Topliss-reactive ketones (excluding diaryl/α,β-unsaturated/α-hetero) is 1. The Labute approximate surface area is 315 Å². The Morgan fingerprint density at radius 3 is 1.77 bits per heavy atom. The van der Waals surface area contributed by atoms with Crippen molar-refractivity contribution in [3.05, 3.63) is 107 Å². The smallest absolute Gasteiger partial charge is 0.249 e. The Bertz CT molecular complexity index is 1900. The first-order valence-electron chi connectivity index (χ1n) is 17.9. The Kier molecular flexibility index (Phi) is 14.1. The Morgan fingerprint density at radius 2 is 1.30 bits per heavy atom. The van der Waals surface area contributed by atoms with E-state index in [-0.39, 0.29) is 29.3 Å². The average molecular weight is 745 g/mol. The molecule has 3 aromatic rings. The summed E-state index contributed by atoms with van der Waals surface area (Å²) >= 11 is 0. The largest absolute Gasteiger partial charge is 0.342 e. The number of likely N-dealkylation sites (N-methyl/N-ethyl adjacent to an activating group) is 2. The van der Waals surface area contributed by atoms with Crippen LogP contribution in [0.1, 0.15) is 83.8 Å². The molecule has 3 rings (SSSR count). The van der Waals surface area contributed by atoms with E-state index in [0.29, 0.717) is 16.8 Å². The van der Waals surface area contributed by atoms with Crippen LogP contribution in [-0.2, 0) is 35.6 Å². The molecule has 3 amide bonds. The van der Waals surface area contributed by atoms with Crippen LogP contribution in [0.3, 0.4) is 0 Å². The number of allylic oxidation sites excluding steroid dienone is 1. The quantitative estimate of drug-likeness (QED) is 0.157. The summed E-state index contributed by atoms with van der Waals surface area (Å²) < 4.78 is 27.7. The standard InChI is InChI=1S/C42H56N4O6S/c1-27(2)35(25-28(3)38(48)45-53(51,52)26-30-15-13-12-14-16-30)46(11)40(50)37(41(5,6)7)44-39(49)36(43-10)42(8,9)34-23-21-33(22-24-34)32-19-17-31(18-20-32)29(4)47/h12-25,27-28,36-37,43H,26H2,1-11H3,(H,44,49)(H,45,48)/b35-25+/t28?,36-,37-/m1/s1. The van der Waals surface area contributed by atoms with Gasteiger partial charge in [-0.15, -0.1) is 0 Å². The molecule has 3 atom stereocenters. The predicted molar refractivity (Wildman–Crippen MR) is 211 cm³/mol. The maximum Gasteiger partial charge on any atom is 0.249 e. The van der Waals surface area contributed by atoms with Gasteiger partial charge in [-0.2, -0.15) is 0 Å². The molecule has 0 fully saturated rings. The van der Waals surface area contributed by atoms with Crippen molar-refractivity contribution < 1.29 is 27.6 Å². The molecule has 0 aromatic heterocycles. The highest BCUT2D eigenvalue weighted by Crippen LogP contribution is 2.31. The number of carbonyl (C=O) groups excluding carboxylic acids is 4. The van der Waals surface area contributed by atoms with Gasteiger partial charge in [0.05, 0.1) is 17.7 Å². The highest BCUT2D eigenvalue weighted by atomic mass is 32.2. The van der Waals surface area contributed by atoms with Gasteiger partial charge in [0.1, 0.15) is 6.04 Å². The molecule has 0 aliphatic heterocycles. The third kappa shape index (κ3) is 11.2. The number of hydrogen-bond acceptors (Lipinski definition) is 7. The summed E-state index contributed by atoms with van der Waals surface area (Å²) in [6, 6.07) is 22.3. The third-order valence-electron chi connectivity index (χ3n) is 9.53. The van der Waals surface area contributed by atoms with Gasteiger partial charge in [-0.3, -0.25) is 23.9 Å². The molecular formula is C42H56N4O6S. The molecular weight excluding hydrogens is 689 g/mol. The lowest BCUT2D eigenvalue weighted by Gasteiger charge is -2.39. The molecule has 11 heteroatoms. The molecule has 10 nitrogen and oxygen atoms in total. The number of amides is 3. The van der Waals surface area contributed by atoms with Crippen molar-refractivity contribution in [2.45, 2.75) is 85.6 Å². The number of benzene rings is 3. The van der Waals surface area contributed by atoms with E-state index in [2.05, 4.69) is 15.4 Å². The lowest BCUT2D eigenvalue weighted by atomic mass is 9.76. The number of hydrogen-bond donors (Lipinski definition) is 3. The van der Waals surface area contributed by atoms with E-state index in [1.807, 2.05) is 84.9 Å². The van der Waals surface area contributed by atoms with E-state index < -0.39 is 44.8 Å². The van der Waals surface area contributed by atoms with Crippen LogP contribution in [0.4, 0.5) is 0 Å². The molecule has 0 spiro atoms. The van der Waals surface area contributed by atoms with E-state index >= 15 is 0 Å². The van der Waals surface area contributed by atoms with Crippen molar-refractivity contribution in [1.29, 1.82) is 0 Å². The SMILES string of the molecule is CN[C@H](C(=O)N[C@H](C(=O)N(C)/C(=C/C(C)C(=O)NS(=O)(=O)Cc1ccccc1)C(C)C)C(C)(C)C)C(C)(C)c1ccc(-c2ccc(C(C)=O)cc2)cc1. The van der Waals surface area contributed by atoms with Crippen molar-refractivity contribution in [2.75, 3.05) is 14.1 Å². The summed E-state index contributed by atoms with van der Waals surface area (Å²) in [4.78, 5) is 54.6. The maximum absolute atomic E-state index is 14.3. The first-order chi connectivity index (χ1) is 24.6. The number of carbonyl (C=O) groups is 4. The van der Waals surface area contributed by atoms with Crippen LogP contribution >= 0.6 is 0 Å². The minimum atomic E-state index is -3.95. The first-order valence-corrected chi connectivity index (χ1v) is 19.5. The lowest BCUT2D eigenvalue weighted by Crippen LogP contribution is -2.60. The topological polar surface area (TPSA) is 142 Å². The second-order valence-corrected chi connectivity index (χ2v) is 17.3. The van der Waals surface area contributed by atoms with Crippen LogP contribution in [0, 0.1) is 17.3 Å². The fraction of sp³-hybridized carbons (Fsp3) is 0.429. The predicted octanol–water partition coefficient (Wildman–Crippen LogP) is 6.23. The first kappa shape index (κ1) is 42.8. The molecule has 53 heavy (non-hydrogen) atoms. The molecule has 0 aliphatic carbocycles. The third-order valence-corrected chi connectivity index (χ3v) is 10.8. The maximum atomic E-state index is 14.3. The fourth-order valence-corrected chi connectivity index (χ4v) is 7.47. The van der Waals surface area contributed by atoms with E-state index in [1.54, 1.807) is 69.6 Å². The summed E-state index contributed by atoms with van der Waals surface area (Å²) in [6.07, 6.45) is 1.60. The highest BCUT2D eigenvalue weighted by Gasteiger charge is 2.41. The molecule has 3 aromatic carbocycles. The normalized spacial score (nSPS) is 14.2. The van der Waals surface area contributed by atoms with E-state index in [9.17, 15) is 27.6 Å². The zero-order valence-corrected chi connectivity index (χ0v) is 33.7. The number of rotatable bonds is 15. The molecule has 3 N–H and O–H groups in total. The molecule has 0 radical (unpaired) electrons. The summed E-state index contributed by atoms with van der Waals surface area (Å²) in [7, 11) is -0.640. The van der Waals surface area contributed by atoms with Gasteiger partial charge >= 0.3 is 0 Å². The Hall–Kier alpha value is -4.61. The monoisotopic (exact) mass is 744 g/mol. The minimum absolute atomic E-state index is 0.00721. The van der Waals surface area contributed by atoms with Crippen LogP contribution < -0.4 is 15.4 Å². The van der Waals surface area contributed by atoms with Crippen LogP contribution in [0.25, 0.3) is 11.1 Å². The van der Waals surface area contributed by atoms with Crippen molar-refractivity contribution in [2.24, 2.45) is 17.3 Å². The summed E-state index contributed by atoms with van der Waals surface area (Å²) in [6.45, 7) is 16.4. The van der Waals surface area contributed by atoms with Gasteiger partial charge in [-0.05, 0) is 54.5 Å². The second kappa shape index (κ2) is 17.5. The fourth-order valence-electron chi connectivity index (χ4n) is 6.27. The van der Waals surface area contributed by atoms with E-state index in [0.717, 1.165) is 16.7 Å². The summed E-state index contributed by atoms with van der Waals surface area (Å²) in [5.74, 6) is -2.86. The molecule has 0 bridgehead atoms. The van der Waals surface area contributed by atoms with Crippen LogP contribution in [0.2, 0.25) is 0 Å². The lowest BCUT2D eigenvalue weighted by molar-refractivity contribution is -0.138. The van der Waals surface area contributed by atoms with E-state index in [4.69, 9.17) is 0 Å². The molecule has 0 heterocycles. The van der Waals surface area contributed by atoms with Gasteiger partial charge in [0.25, 0.3) is 0 Å². The van der Waals surface area contributed by atoms with Gasteiger partial charge in [-0.25, -0.2) is 8.42 Å². The second-order valence-electron chi connectivity index (χ2n) is 15.6. The molecule has 286 valence electrons. The van der Waals surface area contributed by atoms with Crippen LogP contribution in [0.5, 0.6) is 0 Å². The van der Waals surface area contributed by atoms with Crippen LogP contribution in [-0.4, -0.2) is 63.0 Å². The van der Waals surface area contributed by atoms with Gasteiger partial charge in [0.2, 0.25) is 27.7 Å². The summed E-state index contributed by atoms with van der Waals surface area (Å²) in [5, 5.41) is 6.20. The Balaban J connectivity index is 1.81. The molecule has 1 unspecified atom stereocenters. The number of sulfonamides is 1. The van der Waals surface area contributed by atoms with Crippen molar-refractivity contribution >= 4 is 33.5 Å². The van der Waals surface area contributed by atoms with Crippen molar-refractivity contribution in [3.63, 3.8) is 0 Å². The average Bonchev–Trinajstić information content (AvgIpc) is 3.08. The minimum Gasteiger partial charge on any atom is -0.342 e. The van der Waals surface area contributed by atoms with Gasteiger partial charge in [0.15, 0.2) is 5.78 Å². The summed E-state index contributed by atoms with van der Waals surface area (Å²) in [5.41, 5.74) is 3.18. The van der Waals surface area contributed by atoms with Gasteiger partial charge in [0, 0.05) is 23.7 Å². The zero-order valence-electron chi connectivity index (χ0n) is 32.9. The van der Waals surface area contributed by atoms with Crippen molar-refractivity contribution in [3.8, 4) is 11.1 Å². The highest BCUT2D eigenvalue weighted by molar-refractivity contribution is 7.89. The molecule has 0 saturated carbocycles. The van der Waals surface area contributed by atoms with Gasteiger partial charge < -0.3 is 15.5 Å². The zero-order chi connectivity index (χ0) is 39.9. The molecule has 0 saturated heterocycles. The van der Waals surface area contributed by atoms with Gasteiger partial charge in [-0.1, -0.05) is 133 Å². The Morgan fingerprint density at radius 1 is 0.774 bits per heavy atom. The van der Waals surface area contributed by atoms with Crippen molar-refractivity contribution in [1.82, 2.24) is 20.3 Å². The van der Waals surface area contributed by atoms with E-state index in [1.165, 1.54) is 11.8 Å². The van der Waals surface area contributed by atoms with Crippen LogP contribution in [0.15, 0.2) is 90.6 Å².